The van der Waals surface area contributed by atoms with Crippen molar-refractivity contribution in [3.05, 3.63) is 58.6 Å². The average molecular weight is 482 g/mol. The summed E-state index contributed by atoms with van der Waals surface area (Å²) >= 11 is 6.17. The van der Waals surface area contributed by atoms with Crippen molar-refractivity contribution in [1.82, 2.24) is 10.2 Å². The lowest BCUT2D eigenvalue weighted by Crippen LogP contribution is -2.50. The Bertz CT molecular complexity index is 1090. The molecule has 1 N–H and O–H groups in total. The summed E-state index contributed by atoms with van der Waals surface area (Å²) in [5, 5.41) is 2.92. The van der Waals surface area contributed by atoms with Gasteiger partial charge in [-0.05, 0) is 49.2 Å². The predicted octanol–water partition coefficient (Wildman–Crippen LogP) is 2.59. The summed E-state index contributed by atoms with van der Waals surface area (Å²) in [7, 11) is -0.803. The molecule has 0 unspecified atom stereocenters. The smallest absolute Gasteiger partial charge is 0.244 e. The van der Waals surface area contributed by atoms with Crippen LogP contribution in [-0.2, 0) is 26.2 Å². The van der Waals surface area contributed by atoms with E-state index in [0.29, 0.717) is 22.0 Å². The summed E-state index contributed by atoms with van der Waals surface area (Å²) in [6.45, 7) is 2.88. The number of amides is 2. The number of hydrogen-bond donors (Lipinski definition) is 1. The third-order valence-electron chi connectivity index (χ3n) is 5.09. The van der Waals surface area contributed by atoms with Crippen LogP contribution in [-0.4, -0.2) is 58.1 Å². The second kappa shape index (κ2) is 10.7. The van der Waals surface area contributed by atoms with Crippen LogP contribution >= 0.6 is 11.6 Å². The van der Waals surface area contributed by atoms with Gasteiger partial charge in [-0.3, -0.25) is 13.9 Å². The van der Waals surface area contributed by atoms with Crippen LogP contribution < -0.4 is 14.4 Å². The van der Waals surface area contributed by atoms with E-state index in [9.17, 15) is 18.0 Å². The van der Waals surface area contributed by atoms with Gasteiger partial charge in [0, 0.05) is 18.6 Å². The van der Waals surface area contributed by atoms with Gasteiger partial charge < -0.3 is 15.0 Å². The summed E-state index contributed by atoms with van der Waals surface area (Å²) in [5.74, 6) is -0.297. The molecule has 0 aliphatic carbocycles. The van der Waals surface area contributed by atoms with Crippen molar-refractivity contribution in [2.75, 3.05) is 31.3 Å². The van der Waals surface area contributed by atoms with E-state index in [4.69, 9.17) is 16.3 Å². The van der Waals surface area contributed by atoms with E-state index in [1.54, 1.807) is 56.3 Å². The zero-order valence-corrected chi connectivity index (χ0v) is 20.3. The number of anilines is 1. The Hall–Kier alpha value is -2.78. The Morgan fingerprint density at radius 2 is 1.84 bits per heavy atom. The summed E-state index contributed by atoms with van der Waals surface area (Å²) in [5.41, 5.74) is 1.58. The molecule has 32 heavy (non-hydrogen) atoms. The number of halogens is 1. The minimum atomic E-state index is -3.81. The van der Waals surface area contributed by atoms with Gasteiger partial charge in [0.05, 0.1) is 19.1 Å². The van der Waals surface area contributed by atoms with E-state index in [0.717, 1.165) is 16.1 Å². The van der Waals surface area contributed by atoms with Crippen LogP contribution in [0, 0.1) is 6.92 Å². The minimum Gasteiger partial charge on any atom is -0.497 e. The lowest BCUT2D eigenvalue weighted by molar-refractivity contribution is -0.139. The number of ether oxygens (including phenoxy) is 1. The van der Waals surface area contributed by atoms with Gasteiger partial charge >= 0.3 is 0 Å². The van der Waals surface area contributed by atoms with Gasteiger partial charge in [0.15, 0.2) is 0 Å². The highest BCUT2D eigenvalue weighted by atomic mass is 35.5. The van der Waals surface area contributed by atoms with Crippen LogP contribution in [0.5, 0.6) is 5.75 Å². The molecule has 0 fully saturated rings. The van der Waals surface area contributed by atoms with E-state index in [2.05, 4.69) is 5.32 Å². The molecule has 2 amide bonds. The SMILES string of the molecule is CNC(=O)[C@H](C)N(Cc1cccc(OC)c1)C(=O)CN(c1cccc(Cl)c1C)S(C)(=O)=O. The van der Waals surface area contributed by atoms with Crippen molar-refractivity contribution < 1.29 is 22.7 Å². The molecule has 1 atom stereocenters. The molecule has 0 heterocycles. The van der Waals surface area contributed by atoms with E-state index >= 15 is 0 Å². The maximum Gasteiger partial charge on any atom is 0.244 e. The van der Waals surface area contributed by atoms with Gasteiger partial charge in [-0.15, -0.1) is 0 Å². The zero-order chi connectivity index (χ0) is 24.1. The first-order chi connectivity index (χ1) is 15.0. The number of hydrogen-bond acceptors (Lipinski definition) is 5. The van der Waals surface area contributed by atoms with Crippen molar-refractivity contribution in [2.24, 2.45) is 0 Å². The summed E-state index contributed by atoms with van der Waals surface area (Å²) in [6, 6.07) is 11.1. The van der Waals surface area contributed by atoms with E-state index in [1.807, 2.05) is 0 Å². The molecule has 0 aromatic heterocycles. The van der Waals surface area contributed by atoms with Crippen LogP contribution in [0.15, 0.2) is 42.5 Å². The second-order valence-electron chi connectivity index (χ2n) is 7.32. The van der Waals surface area contributed by atoms with Crippen molar-refractivity contribution in [3.8, 4) is 5.75 Å². The monoisotopic (exact) mass is 481 g/mol. The molecule has 0 aliphatic rings. The van der Waals surface area contributed by atoms with Gasteiger partial charge in [0.25, 0.3) is 0 Å². The maximum atomic E-state index is 13.4. The molecule has 0 aliphatic heterocycles. The third-order valence-corrected chi connectivity index (χ3v) is 6.62. The van der Waals surface area contributed by atoms with Gasteiger partial charge in [-0.25, -0.2) is 8.42 Å². The van der Waals surface area contributed by atoms with Gasteiger partial charge in [0.1, 0.15) is 18.3 Å². The quantitative estimate of drug-likeness (QED) is 0.594. The van der Waals surface area contributed by atoms with Crippen molar-refractivity contribution in [2.45, 2.75) is 26.4 Å². The Labute approximate surface area is 194 Å². The van der Waals surface area contributed by atoms with E-state index in [-0.39, 0.29) is 12.5 Å². The summed E-state index contributed by atoms with van der Waals surface area (Å²) < 4.78 is 31.4. The highest BCUT2D eigenvalue weighted by molar-refractivity contribution is 7.92. The van der Waals surface area contributed by atoms with Gasteiger partial charge in [0.2, 0.25) is 21.8 Å². The third kappa shape index (κ3) is 6.14. The predicted molar refractivity (Wildman–Crippen MR) is 125 cm³/mol. The molecule has 0 spiro atoms. The number of likely N-dealkylation sites (N-methyl/N-ethyl adjacent to an activating group) is 1. The van der Waals surface area contributed by atoms with Gasteiger partial charge in [-0.2, -0.15) is 0 Å². The minimum absolute atomic E-state index is 0.0940. The Morgan fingerprint density at radius 3 is 2.44 bits per heavy atom. The number of carbonyl (C=O) groups excluding carboxylic acids is 2. The fourth-order valence-electron chi connectivity index (χ4n) is 3.22. The molecule has 0 radical (unpaired) electrons. The van der Waals surface area contributed by atoms with E-state index in [1.165, 1.54) is 19.1 Å². The normalized spacial score (nSPS) is 12.1. The first-order valence-corrected chi connectivity index (χ1v) is 12.1. The Morgan fingerprint density at radius 1 is 1.19 bits per heavy atom. The first-order valence-electron chi connectivity index (χ1n) is 9.86. The average Bonchev–Trinajstić information content (AvgIpc) is 2.76. The molecular formula is C22H28ClN3O5S. The number of nitrogens with zero attached hydrogens (tertiary/aromatic N) is 2. The molecule has 0 saturated carbocycles. The molecule has 174 valence electrons. The summed E-state index contributed by atoms with van der Waals surface area (Å²) in [4.78, 5) is 27.0. The van der Waals surface area contributed by atoms with Crippen LogP contribution in [0.2, 0.25) is 5.02 Å². The van der Waals surface area contributed by atoms with Crippen LogP contribution in [0.3, 0.4) is 0 Å². The Kier molecular flexibility index (Phi) is 8.51. The number of methoxy groups -OCH3 is 1. The maximum absolute atomic E-state index is 13.4. The fourth-order valence-corrected chi connectivity index (χ4v) is 4.29. The van der Waals surface area contributed by atoms with Crippen molar-refractivity contribution >= 4 is 39.1 Å². The largest absolute Gasteiger partial charge is 0.497 e. The van der Waals surface area contributed by atoms with Crippen LogP contribution in [0.4, 0.5) is 5.69 Å². The molecule has 2 aromatic rings. The van der Waals surface area contributed by atoms with Crippen molar-refractivity contribution in [3.63, 3.8) is 0 Å². The highest BCUT2D eigenvalue weighted by Crippen LogP contribution is 2.28. The molecule has 0 bridgehead atoms. The first kappa shape index (κ1) is 25.5. The number of rotatable bonds is 9. The second-order valence-corrected chi connectivity index (χ2v) is 9.63. The molecule has 0 saturated heterocycles. The van der Waals surface area contributed by atoms with Crippen LogP contribution in [0.25, 0.3) is 0 Å². The number of nitrogens with one attached hydrogen (secondary N) is 1. The lowest BCUT2D eigenvalue weighted by Gasteiger charge is -2.31. The molecule has 8 nitrogen and oxygen atoms in total. The fraction of sp³-hybridized carbons (Fsp3) is 0.364. The highest BCUT2D eigenvalue weighted by Gasteiger charge is 2.30. The van der Waals surface area contributed by atoms with E-state index < -0.39 is 28.5 Å². The Balaban J connectivity index is 2.44. The number of sulfonamides is 1. The molecule has 2 aromatic carbocycles. The number of carbonyl (C=O) groups is 2. The summed E-state index contributed by atoms with van der Waals surface area (Å²) in [6.07, 6.45) is 1.02. The lowest BCUT2D eigenvalue weighted by atomic mass is 10.1. The molecule has 10 heteroatoms. The molecular weight excluding hydrogens is 454 g/mol. The molecule has 2 rings (SSSR count). The van der Waals surface area contributed by atoms with Crippen molar-refractivity contribution in [1.29, 1.82) is 0 Å². The topological polar surface area (TPSA) is 96.0 Å². The van der Waals surface area contributed by atoms with Gasteiger partial charge in [-0.1, -0.05) is 29.8 Å². The number of benzene rings is 2. The zero-order valence-electron chi connectivity index (χ0n) is 18.8. The standard InChI is InChI=1S/C22H28ClN3O5S/c1-15-19(23)10-7-11-20(15)26(32(5,29)30)14-21(27)25(16(2)22(28)24-3)13-17-8-6-9-18(12-17)31-4/h6-12,16H,13-14H2,1-5H3,(H,24,28)/t16-/m0/s1. The van der Waals surface area contributed by atoms with Crippen LogP contribution in [0.1, 0.15) is 18.1 Å².